The van der Waals surface area contributed by atoms with Crippen LogP contribution < -0.4 is 20.3 Å². The first-order valence-corrected chi connectivity index (χ1v) is 9.85. The highest BCUT2D eigenvalue weighted by Gasteiger charge is 2.52. The van der Waals surface area contributed by atoms with Gasteiger partial charge in [-0.05, 0) is 55.8 Å². The summed E-state index contributed by atoms with van der Waals surface area (Å²) in [6.45, 7) is 4.67. The van der Waals surface area contributed by atoms with E-state index in [-0.39, 0.29) is 5.56 Å². The highest BCUT2D eigenvalue weighted by Crippen LogP contribution is 2.41. The van der Waals surface area contributed by atoms with Crippen molar-refractivity contribution in [1.82, 2.24) is 5.32 Å². The Morgan fingerprint density at radius 1 is 1.25 bits per heavy atom. The van der Waals surface area contributed by atoms with Gasteiger partial charge in [-0.15, -0.1) is 0 Å². The molecular weight excluding hydrogens is 426 g/mol. The molecule has 2 aromatic carbocycles. The second-order valence-electron chi connectivity index (χ2n) is 6.31. The minimum absolute atomic E-state index is 0.281. The lowest BCUT2D eigenvalue weighted by atomic mass is 9.94. The van der Waals surface area contributed by atoms with Crippen molar-refractivity contribution in [3.05, 3.63) is 52.5 Å². The molecule has 0 spiro atoms. The van der Waals surface area contributed by atoms with Gasteiger partial charge in [0.2, 0.25) is 0 Å². The molecule has 2 aromatic rings. The van der Waals surface area contributed by atoms with Crippen molar-refractivity contribution >= 4 is 39.2 Å². The van der Waals surface area contributed by atoms with Crippen LogP contribution in [0, 0.1) is 0 Å². The Hall–Kier alpha value is -2.58. The molecule has 3 rings (SSSR count). The molecule has 148 valence electrons. The van der Waals surface area contributed by atoms with Gasteiger partial charge in [-0.25, -0.2) is 4.79 Å². The Balaban J connectivity index is 2.12. The maximum absolute atomic E-state index is 13.0. The summed E-state index contributed by atoms with van der Waals surface area (Å²) in [4.78, 5) is 27.0. The van der Waals surface area contributed by atoms with Gasteiger partial charge in [0.05, 0.1) is 12.3 Å². The molecule has 1 heterocycles. The summed E-state index contributed by atoms with van der Waals surface area (Å²) in [5.41, 5.74) is -1.18. The third-order valence-corrected chi connectivity index (χ3v) is 4.88. The van der Waals surface area contributed by atoms with Crippen molar-refractivity contribution in [3.8, 4) is 5.75 Å². The number of hydrogen-bond acceptors (Lipinski definition) is 4. The Bertz CT molecular complexity index is 888. The summed E-state index contributed by atoms with van der Waals surface area (Å²) in [6.07, 6.45) is 0.697. The Kier molecular flexibility index (Phi) is 5.90. The average Bonchev–Trinajstić information content (AvgIpc) is 2.68. The molecule has 8 heteroatoms. The van der Waals surface area contributed by atoms with Gasteiger partial charge in [-0.3, -0.25) is 9.69 Å². The zero-order chi connectivity index (χ0) is 20.3. The molecule has 3 amide bonds. The molecule has 0 aromatic heterocycles. The first kappa shape index (κ1) is 20.2. The number of hydrogen-bond donors (Lipinski definition) is 3. The van der Waals surface area contributed by atoms with E-state index in [4.69, 9.17) is 4.74 Å². The Morgan fingerprint density at radius 3 is 2.61 bits per heavy atom. The van der Waals surface area contributed by atoms with E-state index in [0.717, 1.165) is 4.90 Å². The van der Waals surface area contributed by atoms with Crippen LogP contribution in [0.2, 0.25) is 0 Å². The molecule has 0 saturated heterocycles. The van der Waals surface area contributed by atoms with Gasteiger partial charge in [0, 0.05) is 22.3 Å². The van der Waals surface area contributed by atoms with E-state index >= 15 is 0 Å². The fourth-order valence-corrected chi connectivity index (χ4v) is 3.46. The third-order valence-electron chi connectivity index (χ3n) is 4.38. The van der Waals surface area contributed by atoms with E-state index in [1.54, 1.807) is 42.5 Å². The summed E-state index contributed by atoms with van der Waals surface area (Å²) in [5, 5.41) is 17.0. The maximum atomic E-state index is 13.0. The van der Waals surface area contributed by atoms with Crippen molar-refractivity contribution in [2.75, 3.05) is 23.4 Å². The second-order valence-corrected chi connectivity index (χ2v) is 7.23. The molecule has 1 aliphatic rings. The lowest BCUT2D eigenvalue weighted by Gasteiger charge is -2.42. The van der Waals surface area contributed by atoms with Crippen LogP contribution in [-0.2, 0) is 10.5 Å². The van der Waals surface area contributed by atoms with Gasteiger partial charge in [0.25, 0.3) is 11.6 Å². The number of fused-ring (bicyclic) bond motifs is 1. The fourth-order valence-electron chi connectivity index (χ4n) is 3.10. The summed E-state index contributed by atoms with van der Waals surface area (Å²) in [6, 6.07) is 11.0. The Labute approximate surface area is 171 Å². The van der Waals surface area contributed by atoms with Crippen LogP contribution in [0.15, 0.2) is 46.9 Å². The number of benzene rings is 2. The summed E-state index contributed by atoms with van der Waals surface area (Å²) >= 11 is 3.37. The standard InChI is InChI=1S/C20H22BrN3O4/c1-3-11-22-18(25)20(27)16-12-13(21)5-10-17(16)23-19(26)24(20)14-6-8-15(9-7-14)28-4-2/h5-10,12,27H,3-4,11H2,1-2H3,(H,22,25)(H,23,26)/t20-/m1/s1. The van der Waals surface area contributed by atoms with Gasteiger partial charge in [0.1, 0.15) is 5.75 Å². The molecule has 0 radical (unpaired) electrons. The highest BCUT2D eigenvalue weighted by atomic mass is 79.9. The normalized spacial score (nSPS) is 18.3. The summed E-state index contributed by atoms with van der Waals surface area (Å²) < 4.78 is 6.11. The number of halogens is 1. The van der Waals surface area contributed by atoms with Crippen LogP contribution in [0.3, 0.4) is 0 Å². The van der Waals surface area contributed by atoms with E-state index < -0.39 is 17.7 Å². The molecule has 0 fully saturated rings. The second kappa shape index (κ2) is 8.20. The lowest BCUT2D eigenvalue weighted by Crippen LogP contribution is -2.62. The smallest absolute Gasteiger partial charge is 0.329 e. The van der Waals surface area contributed by atoms with Crippen molar-refractivity contribution in [2.45, 2.75) is 26.0 Å². The summed E-state index contributed by atoms with van der Waals surface area (Å²) in [7, 11) is 0. The van der Waals surface area contributed by atoms with E-state index in [1.807, 2.05) is 13.8 Å². The minimum Gasteiger partial charge on any atom is -0.494 e. The number of carbonyl (C=O) groups is 2. The fraction of sp³-hybridized carbons (Fsp3) is 0.300. The molecule has 0 bridgehead atoms. The Morgan fingerprint density at radius 2 is 1.96 bits per heavy atom. The molecule has 3 N–H and O–H groups in total. The number of carbonyl (C=O) groups excluding carboxylic acids is 2. The highest BCUT2D eigenvalue weighted by molar-refractivity contribution is 9.10. The topological polar surface area (TPSA) is 90.9 Å². The number of amides is 3. The molecule has 0 saturated carbocycles. The van der Waals surface area contributed by atoms with Crippen LogP contribution in [0.5, 0.6) is 5.75 Å². The van der Waals surface area contributed by atoms with Crippen LogP contribution in [0.1, 0.15) is 25.8 Å². The van der Waals surface area contributed by atoms with Gasteiger partial charge in [-0.2, -0.15) is 0 Å². The molecule has 1 atom stereocenters. The van der Waals surface area contributed by atoms with Crippen LogP contribution in [0.25, 0.3) is 0 Å². The van der Waals surface area contributed by atoms with E-state index in [0.29, 0.717) is 41.2 Å². The molecular formula is C20H22BrN3O4. The molecule has 0 unspecified atom stereocenters. The quantitative estimate of drug-likeness (QED) is 0.630. The zero-order valence-electron chi connectivity index (χ0n) is 15.7. The number of anilines is 2. The van der Waals surface area contributed by atoms with Crippen LogP contribution >= 0.6 is 15.9 Å². The lowest BCUT2D eigenvalue weighted by molar-refractivity contribution is -0.140. The van der Waals surface area contributed by atoms with E-state index in [1.165, 1.54) is 0 Å². The van der Waals surface area contributed by atoms with Gasteiger partial charge in [-0.1, -0.05) is 22.9 Å². The predicted molar refractivity (Wildman–Crippen MR) is 110 cm³/mol. The van der Waals surface area contributed by atoms with Crippen molar-refractivity contribution in [1.29, 1.82) is 0 Å². The van der Waals surface area contributed by atoms with Gasteiger partial charge >= 0.3 is 6.03 Å². The predicted octanol–water partition coefficient (Wildman–Crippen LogP) is 3.57. The number of urea groups is 1. The first-order valence-electron chi connectivity index (χ1n) is 9.06. The number of aliphatic hydroxyl groups is 1. The van der Waals surface area contributed by atoms with Crippen molar-refractivity contribution in [2.24, 2.45) is 0 Å². The van der Waals surface area contributed by atoms with Gasteiger partial charge < -0.3 is 20.5 Å². The molecule has 7 nitrogen and oxygen atoms in total. The maximum Gasteiger partial charge on any atom is 0.329 e. The van der Waals surface area contributed by atoms with E-state index in [2.05, 4.69) is 26.6 Å². The number of nitrogens with one attached hydrogen (secondary N) is 2. The minimum atomic E-state index is -2.20. The molecule has 1 aliphatic heterocycles. The molecule has 0 aliphatic carbocycles. The monoisotopic (exact) mass is 447 g/mol. The zero-order valence-corrected chi connectivity index (χ0v) is 17.2. The number of ether oxygens (including phenoxy) is 1. The van der Waals surface area contributed by atoms with E-state index in [9.17, 15) is 14.7 Å². The third kappa shape index (κ3) is 3.57. The van der Waals surface area contributed by atoms with Crippen molar-refractivity contribution < 1.29 is 19.4 Å². The number of nitrogens with zero attached hydrogens (tertiary/aromatic N) is 1. The SMILES string of the molecule is CCCNC(=O)[C@]1(O)c2cc(Br)ccc2NC(=O)N1c1ccc(OCC)cc1. The van der Waals surface area contributed by atoms with Crippen molar-refractivity contribution in [3.63, 3.8) is 0 Å². The largest absolute Gasteiger partial charge is 0.494 e. The van der Waals surface area contributed by atoms with Crippen LogP contribution in [-0.4, -0.2) is 30.2 Å². The molecule has 28 heavy (non-hydrogen) atoms. The van der Waals surface area contributed by atoms with Crippen LogP contribution in [0.4, 0.5) is 16.2 Å². The average molecular weight is 448 g/mol. The summed E-state index contributed by atoms with van der Waals surface area (Å²) in [5.74, 6) is -0.0387. The van der Waals surface area contributed by atoms with Gasteiger partial charge in [0.15, 0.2) is 0 Å². The first-order chi connectivity index (χ1) is 13.4. The number of rotatable bonds is 6.